The fraction of sp³-hybridized carbons (Fsp3) is 0.333. The van der Waals surface area contributed by atoms with Gasteiger partial charge in [-0.25, -0.2) is 4.79 Å². The second kappa shape index (κ2) is 5.94. The summed E-state index contributed by atoms with van der Waals surface area (Å²) in [6.45, 7) is 3.42. The summed E-state index contributed by atoms with van der Waals surface area (Å²) >= 11 is 0. The summed E-state index contributed by atoms with van der Waals surface area (Å²) in [7, 11) is 0. The molecule has 7 nitrogen and oxygen atoms in total. The van der Waals surface area contributed by atoms with Crippen LogP contribution in [-0.4, -0.2) is 33.9 Å². The first-order valence-electron chi connectivity index (χ1n) is 5.57. The predicted octanol–water partition coefficient (Wildman–Crippen LogP) is -0.243. The summed E-state index contributed by atoms with van der Waals surface area (Å²) in [5.41, 5.74) is 6.43. The highest BCUT2D eigenvalue weighted by atomic mass is 16.4. The monoisotopic (exact) mass is 265 g/mol. The Labute approximate surface area is 109 Å². The number of primary amides is 1. The lowest BCUT2D eigenvalue weighted by atomic mass is 10.1. The number of amides is 2. The van der Waals surface area contributed by atoms with E-state index in [1.54, 1.807) is 26.0 Å². The zero-order valence-corrected chi connectivity index (χ0v) is 10.6. The maximum Gasteiger partial charge on any atom is 0.326 e. The number of hydrogen-bond donors (Lipinski definition) is 3. The van der Waals surface area contributed by atoms with Crippen LogP contribution in [0.3, 0.4) is 0 Å². The van der Waals surface area contributed by atoms with Crippen molar-refractivity contribution >= 4 is 17.8 Å². The van der Waals surface area contributed by atoms with Gasteiger partial charge in [0.25, 0.3) is 5.91 Å². The third kappa shape index (κ3) is 4.06. The van der Waals surface area contributed by atoms with Crippen LogP contribution in [0.4, 0.5) is 0 Å². The second-order valence-electron chi connectivity index (χ2n) is 4.12. The summed E-state index contributed by atoms with van der Waals surface area (Å²) in [5, 5.41) is 11.1. The molecule has 0 spiro atoms. The lowest BCUT2D eigenvalue weighted by molar-refractivity contribution is -0.140. The lowest BCUT2D eigenvalue weighted by Gasteiger charge is -2.13. The fourth-order valence-corrected chi connectivity index (χ4v) is 1.56. The van der Waals surface area contributed by atoms with E-state index >= 15 is 0 Å². The number of nitrogens with zero attached hydrogens (tertiary/aromatic N) is 1. The van der Waals surface area contributed by atoms with Crippen LogP contribution in [0.15, 0.2) is 12.1 Å². The van der Waals surface area contributed by atoms with Gasteiger partial charge in [-0.1, -0.05) is 0 Å². The standard InChI is InChI=1S/C12H15N3O4/c1-6-3-4-8(7(2)14-6)11(17)15-9(12(18)19)5-10(13)16/h3-4,9H,5H2,1-2H3,(H2,13,16)(H,15,17)(H,18,19)/t9-/m0/s1. The summed E-state index contributed by atoms with van der Waals surface area (Å²) in [6, 6.07) is 1.85. The predicted molar refractivity (Wildman–Crippen MR) is 66.4 cm³/mol. The van der Waals surface area contributed by atoms with Gasteiger partial charge in [-0.3, -0.25) is 14.6 Å². The van der Waals surface area contributed by atoms with E-state index in [0.29, 0.717) is 5.69 Å². The van der Waals surface area contributed by atoms with Crippen molar-refractivity contribution in [3.63, 3.8) is 0 Å². The van der Waals surface area contributed by atoms with E-state index in [4.69, 9.17) is 10.8 Å². The van der Waals surface area contributed by atoms with Crippen LogP contribution in [-0.2, 0) is 9.59 Å². The van der Waals surface area contributed by atoms with E-state index in [2.05, 4.69) is 10.3 Å². The second-order valence-corrected chi connectivity index (χ2v) is 4.12. The van der Waals surface area contributed by atoms with Crippen LogP contribution in [0.5, 0.6) is 0 Å². The SMILES string of the molecule is Cc1ccc(C(=O)N[C@@H](CC(N)=O)C(=O)O)c(C)n1. The fourth-order valence-electron chi connectivity index (χ4n) is 1.56. The number of carbonyl (C=O) groups is 3. The van der Waals surface area contributed by atoms with Crippen LogP contribution in [0, 0.1) is 13.8 Å². The largest absolute Gasteiger partial charge is 0.480 e. The van der Waals surface area contributed by atoms with Crippen molar-refractivity contribution in [2.24, 2.45) is 5.73 Å². The molecule has 2 amide bonds. The zero-order valence-electron chi connectivity index (χ0n) is 10.6. The quantitative estimate of drug-likeness (QED) is 0.678. The van der Waals surface area contributed by atoms with Crippen molar-refractivity contribution in [3.8, 4) is 0 Å². The van der Waals surface area contributed by atoms with Gasteiger partial charge in [0.2, 0.25) is 5.91 Å². The first-order valence-corrected chi connectivity index (χ1v) is 5.57. The molecular weight excluding hydrogens is 250 g/mol. The van der Waals surface area contributed by atoms with Crippen molar-refractivity contribution in [3.05, 3.63) is 29.1 Å². The molecule has 0 aromatic carbocycles. The lowest BCUT2D eigenvalue weighted by Crippen LogP contribution is -2.43. The number of nitrogens with two attached hydrogens (primary N) is 1. The van der Waals surface area contributed by atoms with Crippen molar-refractivity contribution in [2.75, 3.05) is 0 Å². The minimum Gasteiger partial charge on any atom is -0.480 e. The van der Waals surface area contributed by atoms with Gasteiger partial charge in [0.1, 0.15) is 6.04 Å². The van der Waals surface area contributed by atoms with Crippen molar-refractivity contribution in [2.45, 2.75) is 26.3 Å². The number of pyridine rings is 1. The highest BCUT2D eigenvalue weighted by molar-refractivity contribution is 5.98. The molecule has 0 saturated carbocycles. The van der Waals surface area contributed by atoms with E-state index in [1.165, 1.54) is 0 Å². The molecule has 19 heavy (non-hydrogen) atoms. The smallest absolute Gasteiger partial charge is 0.326 e. The molecule has 0 bridgehead atoms. The Hall–Kier alpha value is -2.44. The van der Waals surface area contributed by atoms with Crippen molar-refractivity contribution in [1.82, 2.24) is 10.3 Å². The van der Waals surface area contributed by atoms with Gasteiger partial charge in [-0.2, -0.15) is 0 Å². The highest BCUT2D eigenvalue weighted by Crippen LogP contribution is 2.07. The average Bonchev–Trinajstić information content (AvgIpc) is 2.26. The molecule has 0 fully saturated rings. The average molecular weight is 265 g/mol. The van der Waals surface area contributed by atoms with Crippen LogP contribution in [0.25, 0.3) is 0 Å². The van der Waals surface area contributed by atoms with Gasteiger partial charge in [-0.05, 0) is 26.0 Å². The molecular formula is C12H15N3O4. The van der Waals surface area contributed by atoms with Gasteiger partial charge in [0.05, 0.1) is 17.7 Å². The molecule has 0 aliphatic heterocycles. The van der Waals surface area contributed by atoms with Gasteiger partial charge in [0.15, 0.2) is 0 Å². The molecule has 0 aliphatic carbocycles. The molecule has 1 aromatic heterocycles. The number of hydrogen-bond acceptors (Lipinski definition) is 4. The van der Waals surface area contributed by atoms with Crippen molar-refractivity contribution < 1.29 is 19.5 Å². The third-order valence-electron chi connectivity index (χ3n) is 2.48. The van der Waals surface area contributed by atoms with Gasteiger partial charge < -0.3 is 16.2 Å². The van der Waals surface area contributed by atoms with Crippen LogP contribution >= 0.6 is 0 Å². The molecule has 1 aromatic rings. The Morgan fingerprint density at radius 2 is 2.00 bits per heavy atom. The Kier molecular flexibility index (Phi) is 4.57. The molecule has 7 heteroatoms. The number of nitrogens with one attached hydrogen (secondary N) is 1. The van der Waals surface area contributed by atoms with E-state index < -0.39 is 30.2 Å². The number of carbonyl (C=O) groups excluding carboxylic acids is 2. The first kappa shape index (κ1) is 14.6. The van der Waals surface area contributed by atoms with Crippen LogP contribution in [0.1, 0.15) is 28.2 Å². The van der Waals surface area contributed by atoms with Gasteiger partial charge in [0, 0.05) is 5.69 Å². The van der Waals surface area contributed by atoms with E-state index in [0.717, 1.165) is 5.69 Å². The number of carboxylic acids is 1. The van der Waals surface area contributed by atoms with E-state index in [9.17, 15) is 14.4 Å². The van der Waals surface area contributed by atoms with Gasteiger partial charge in [-0.15, -0.1) is 0 Å². The maximum atomic E-state index is 11.9. The molecule has 0 unspecified atom stereocenters. The third-order valence-corrected chi connectivity index (χ3v) is 2.48. The molecule has 0 aliphatic rings. The number of rotatable bonds is 5. The maximum absolute atomic E-state index is 11.9. The minimum absolute atomic E-state index is 0.265. The molecule has 1 heterocycles. The van der Waals surface area contributed by atoms with Crippen LogP contribution < -0.4 is 11.1 Å². The minimum atomic E-state index is -1.34. The first-order chi connectivity index (χ1) is 8.81. The summed E-state index contributed by atoms with van der Waals surface area (Å²) in [6.07, 6.45) is -0.459. The normalized spacial score (nSPS) is 11.7. The molecule has 0 radical (unpaired) electrons. The Bertz CT molecular complexity index is 528. The topological polar surface area (TPSA) is 122 Å². The number of aryl methyl sites for hydroxylation is 2. The Morgan fingerprint density at radius 3 is 2.47 bits per heavy atom. The highest BCUT2D eigenvalue weighted by Gasteiger charge is 2.23. The summed E-state index contributed by atoms with van der Waals surface area (Å²) < 4.78 is 0. The van der Waals surface area contributed by atoms with E-state index in [-0.39, 0.29) is 5.56 Å². The summed E-state index contributed by atoms with van der Waals surface area (Å²) in [5.74, 6) is -2.71. The molecule has 1 rings (SSSR count). The number of carboxylic acid groups (broad SMARTS) is 1. The van der Waals surface area contributed by atoms with E-state index in [1.807, 2.05) is 0 Å². The van der Waals surface area contributed by atoms with Crippen LogP contribution in [0.2, 0.25) is 0 Å². The molecule has 0 saturated heterocycles. The molecule has 102 valence electrons. The zero-order chi connectivity index (χ0) is 14.6. The summed E-state index contributed by atoms with van der Waals surface area (Å²) in [4.78, 5) is 37.7. The van der Waals surface area contributed by atoms with Crippen molar-refractivity contribution in [1.29, 1.82) is 0 Å². The number of aliphatic carboxylic acids is 1. The Morgan fingerprint density at radius 1 is 1.37 bits per heavy atom. The molecule has 4 N–H and O–H groups in total. The van der Waals surface area contributed by atoms with Gasteiger partial charge >= 0.3 is 5.97 Å². The molecule has 1 atom stereocenters. The number of aromatic nitrogens is 1. The Balaban J connectivity index is 2.87.